The van der Waals surface area contributed by atoms with E-state index in [1.165, 1.54) is 6.07 Å². The summed E-state index contributed by atoms with van der Waals surface area (Å²) in [4.78, 5) is 21.4. The molecule has 0 atom stereocenters. The monoisotopic (exact) mass is 518 g/mol. The number of H-pyrrole nitrogens is 2. The minimum Gasteiger partial charge on any atom is -0.358 e. The van der Waals surface area contributed by atoms with Gasteiger partial charge in [-0.1, -0.05) is 45.5 Å². The lowest BCUT2D eigenvalue weighted by molar-refractivity contribution is 0.411. The molecule has 3 N–H and O–H groups in total. The highest BCUT2D eigenvalue weighted by molar-refractivity contribution is 5.96. The van der Waals surface area contributed by atoms with Crippen molar-refractivity contribution in [3.8, 4) is 33.9 Å². The number of hydrogen-bond acceptors (Lipinski definition) is 6. The van der Waals surface area contributed by atoms with Crippen molar-refractivity contribution < 1.29 is 4.39 Å². The van der Waals surface area contributed by atoms with Gasteiger partial charge in [-0.25, -0.2) is 14.4 Å². The van der Waals surface area contributed by atoms with Gasteiger partial charge in [0.25, 0.3) is 0 Å². The van der Waals surface area contributed by atoms with Crippen LogP contribution in [0.25, 0.3) is 56.0 Å². The minimum atomic E-state index is -0.311. The first-order chi connectivity index (χ1) is 18.7. The first kappa shape index (κ1) is 24.4. The van der Waals surface area contributed by atoms with Crippen LogP contribution in [0.3, 0.4) is 0 Å². The number of anilines is 1. The predicted octanol–water partition coefficient (Wildman–Crippen LogP) is 7.13. The van der Waals surface area contributed by atoms with E-state index in [0.29, 0.717) is 33.8 Å². The van der Waals surface area contributed by atoms with Gasteiger partial charge in [0.15, 0.2) is 11.5 Å². The highest BCUT2D eigenvalue weighted by Crippen LogP contribution is 2.33. The van der Waals surface area contributed by atoms with E-state index in [4.69, 9.17) is 0 Å². The van der Waals surface area contributed by atoms with E-state index in [1.807, 2.05) is 12.1 Å². The normalized spacial score (nSPS) is 11.8. The zero-order chi connectivity index (χ0) is 27.1. The Hall–Kier alpha value is -4.92. The molecule has 6 rings (SSSR count). The Kier molecular flexibility index (Phi) is 5.91. The number of hydrogen-bond donors (Lipinski definition) is 3. The van der Waals surface area contributed by atoms with Crippen molar-refractivity contribution >= 4 is 27.8 Å². The molecule has 194 valence electrons. The zero-order valence-electron chi connectivity index (χ0n) is 21.9. The molecule has 5 heterocycles. The molecule has 0 aliphatic rings. The molecule has 6 aromatic rings. The van der Waals surface area contributed by atoms with Gasteiger partial charge in [0.05, 0.1) is 34.8 Å². The van der Waals surface area contributed by atoms with Crippen molar-refractivity contribution in [2.75, 3.05) is 5.32 Å². The standard InChI is InChI=1S/C30H27FN8/c1-17(13-30(2,3)4)35-19-11-18(14-32-15-19)24-12-22-25(16-34-24)38-39-27(22)29-36-26-21(9-10-33-28(26)37-29)20-7-5-6-8-23(20)31/h5-12,14-16,35H,1,13H2,2-4H3,(H,38,39)(H,33,36,37). The van der Waals surface area contributed by atoms with E-state index in [-0.39, 0.29) is 11.2 Å². The number of fused-ring (bicyclic) bond motifs is 2. The summed E-state index contributed by atoms with van der Waals surface area (Å²) in [6.07, 6.45) is 7.75. The average Bonchev–Trinajstić information content (AvgIpc) is 3.51. The van der Waals surface area contributed by atoms with Crippen molar-refractivity contribution in [2.45, 2.75) is 27.2 Å². The number of aromatic nitrogens is 7. The molecule has 0 spiro atoms. The van der Waals surface area contributed by atoms with Gasteiger partial charge in [-0.15, -0.1) is 0 Å². The van der Waals surface area contributed by atoms with Crippen LogP contribution in [0.2, 0.25) is 0 Å². The van der Waals surface area contributed by atoms with Gasteiger partial charge in [0.1, 0.15) is 11.5 Å². The molecule has 0 aliphatic heterocycles. The minimum absolute atomic E-state index is 0.127. The van der Waals surface area contributed by atoms with Crippen molar-refractivity contribution in [1.82, 2.24) is 35.1 Å². The van der Waals surface area contributed by atoms with Gasteiger partial charge in [-0.2, -0.15) is 5.10 Å². The number of nitrogens with one attached hydrogen (secondary N) is 3. The van der Waals surface area contributed by atoms with Gasteiger partial charge in [0.2, 0.25) is 0 Å². The van der Waals surface area contributed by atoms with Crippen molar-refractivity contribution in [3.05, 3.63) is 85.3 Å². The van der Waals surface area contributed by atoms with E-state index < -0.39 is 0 Å². The number of rotatable bonds is 6. The summed E-state index contributed by atoms with van der Waals surface area (Å²) in [7, 11) is 0. The third-order valence-electron chi connectivity index (χ3n) is 6.33. The van der Waals surface area contributed by atoms with Gasteiger partial charge < -0.3 is 10.3 Å². The van der Waals surface area contributed by atoms with E-state index in [2.05, 4.69) is 67.8 Å². The average molecular weight is 519 g/mol. The number of imidazole rings is 1. The molecule has 0 fully saturated rings. The summed E-state index contributed by atoms with van der Waals surface area (Å²) in [5.41, 5.74) is 7.15. The van der Waals surface area contributed by atoms with Crippen LogP contribution in [0.5, 0.6) is 0 Å². The predicted molar refractivity (Wildman–Crippen MR) is 152 cm³/mol. The molecule has 0 saturated carbocycles. The summed E-state index contributed by atoms with van der Waals surface area (Å²) in [6.45, 7) is 10.7. The molecule has 0 bridgehead atoms. The fraction of sp³-hybridized carbons (Fsp3) is 0.167. The van der Waals surface area contributed by atoms with E-state index in [1.54, 1.807) is 49.1 Å². The first-order valence-corrected chi connectivity index (χ1v) is 12.6. The molecule has 0 amide bonds. The summed E-state index contributed by atoms with van der Waals surface area (Å²) in [5, 5.41) is 11.7. The Bertz CT molecular complexity index is 1840. The number of pyridine rings is 3. The van der Waals surface area contributed by atoms with E-state index in [0.717, 1.165) is 40.0 Å². The summed E-state index contributed by atoms with van der Waals surface area (Å²) < 4.78 is 14.6. The Labute approximate surface area is 224 Å². The van der Waals surface area contributed by atoms with Crippen molar-refractivity contribution in [1.29, 1.82) is 0 Å². The summed E-state index contributed by atoms with van der Waals surface area (Å²) in [5.74, 6) is 0.214. The molecular formula is C30H27FN8. The molecule has 9 heteroatoms. The molecule has 5 aromatic heterocycles. The smallest absolute Gasteiger partial charge is 0.178 e. The second kappa shape index (κ2) is 9.43. The lowest BCUT2D eigenvalue weighted by atomic mass is 9.91. The van der Waals surface area contributed by atoms with Crippen LogP contribution in [0, 0.1) is 11.2 Å². The fourth-order valence-electron chi connectivity index (χ4n) is 4.72. The number of aromatic amines is 2. The molecule has 0 radical (unpaired) electrons. The van der Waals surface area contributed by atoms with Crippen LogP contribution in [-0.4, -0.2) is 35.1 Å². The maximum atomic E-state index is 14.6. The first-order valence-electron chi connectivity index (χ1n) is 12.6. The number of nitrogens with zero attached hydrogens (tertiary/aromatic N) is 5. The van der Waals surface area contributed by atoms with Gasteiger partial charge in [-0.3, -0.25) is 15.1 Å². The Morgan fingerprint density at radius 1 is 1.03 bits per heavy atom. The van der Waals surface area contributed by atoms with Gasteiger partial charge >= 0.3 is 0 Å². The zero-order valence-corrected chi connectivity index (χ0v) is 21.9. The molecule has 0 saturated heterocycles. The maximum Gasteiger partial charge on any atom is 0.178 e. The lowest BCUT2D eigenvalue weighted by Crippen LogP contribution is -2.10. The van der Waals surface area contributed by atoms with Crippen LogP contribution in [0.4, 0.5) is 10.1 Å². The SMILES string of the molecule is C=C(CC(C)(C)C)Nc1cncc(-c2cc3c(-c4nc5nccc(-c6ccccc6F)c5[nH]4)n[nH]c3cn2)c1. The van der Waals surface area contributed by atoms with Gasteiger partial charge in [-0.05, 0) is 36.1 Å². The molecule has 0 unspecified atom stereocenters. The van der Waals surface area contributed by atoms with Crippen LogP contribution in [0.1, 0.15) is 27.2 Å². The Morgan fingerprint density at radius 2 is 1.87 bits per heavy atom. The van der Waals surface area contributed by atoms with E-state index in [9.17, 15) is 4.39 Å². The largest absolute Gasteiger partial charge is 0.358 e. The molecule has 1 aromatic carbocycles. The van der Waals surface area contributed by atoms with Crippen LogP contribution in [0.15, 0.2) is 79.5 Å². The topological polar surface area (TPSA) is 108 Å². The van der Waals surface area contributed by atoms with Crippen molar-refractivity contribution in [3.63, 3.8) is 0 Å². The van der Waals surface area contributed by atoms with Crippen molar-refractivity contribution in [2.24, 2.45) is 5.41 Å². The van der Waals surface area contributed by atoms with Crippen LogP contribution in [-0.2, 0) is 0 Å². The second-order valence-electron chi connectivity index (χ2n) is 10.7. The van der Waals surface area contributed by atoms with Gasteiger partial charge in [0, 0.05) is 40.2 Å². The van der Waals surface area contributed by atoms with Crippen LogP contribution >= 0.6 is 0 Å². The third kappa shape index (κ3) is 4.86. The highest BCUT2D eigenvalue weighted by Gasteiger charge is 2.18. The fourth-order valence-corrected chi connectivity index (χ4v) is 4.72. The quantitative estimate of drug-likeness (QED) is 0.217. The second-order valence-corrected chi connectivity index (χ2v) is 10.7. The molecule has 0 aliphatic carbocycles. The molecule has 8 nitrogen and oxygen atoms in total. The maximum absolute atomic E-state index is 14.6. The summed E-state index contributed by atoms with van der Waals surface area (Å²) >= 11 is 0. The highest BCUT2D eigenvalue weighted by atomic mass is 19.1. The third-order valence-corrected chi connectivity index (χ3v) is 6.33. The Morgan fingerprint density at radius 3 is 2.69 bits per heavy atom. The molecule has 39 heavy (non-hydrogen) atoms. The Balaban J connectivity index is 1.37. The van der Waals surface area contributed by atoms with E-state index >= 15 is 0 Å². The number of halogens is 1. The lowest BCUT2D eigenvalue weighted by Gasteiger charge is -2.20. The number of benzene rings is 1. The number of allylic oxidation sites excluding steroid dienone is 1. The summed E-state index contributed by atoms with van der Waals surface area (Å²) in [6, 6.07) is 12.4. The molecular weight excluding hydrogens is 491 g/mol. The van der Waals surface area contributed by atoms with Crippen LogP contribution < -0.4 is 5.32 Å².